The smallest absolute Gasteiger partial charge is 0.258 e. The van der Waals surface area contributed by atoms with Crippen LogP contribution in [0.3, 0.4) is 0 Å². The maximum Gasteiger partial charge on any atom is 0.258 e. The van der Waals surface area contributed by atoms with Gasteiger partial charge in [-0.1, -0.05) is 28.1 Å². The van der Waals surface area contributed by atoms with Crippen molar-refractivity contribution in [3.63, 3.8) is 0 Å². The third kappa shape index (κ3) is 1.50. The van der Waals surface area contributed by atoms with Gasteiger partial charge in [0.25, 0.3) is 5.56 Å². The van der Waals surface area contributed by atoms with Crippen LogP contribution in [-0.2, 0) is 5.33 Å². The van der Waals surface area contributed by atoms with Crippen molar-refractivity contribution in [2.75, 3.05) is 0 Å². The SMILES string of the molecule is O=c1c2cccc(CBr)c2ccn1C1CC1. The molecule has 1 aromatic heterocycles. The summed E-state index contributed by atoms with van der Waals surface area (Å²) < 4.78 is 1.88. The van der Waals surface area contributed by atoms with Crippen LogP contribution in [0.15, 0.2) is 35.3 Å². The average Bonchev–Trinajstić information content (AvgIpc) is 3.13. The molecule has 0 unspecified atom stereocenters. The van der Waals surface area contributed by atoms with E-state index < -0.39 is 0 Å². The van der Waals surface area contributed by atoms with Gasteiger partial charge < -0.3 is 4.57 Å². The summed E-state index contributed by atoms with van der Waals surface area (Å²) in [4.78, 5) is 12.2. The summed E-state index contributed by atoms with van der Waals surface area (Å²) in [6, 6.07) is 8.44. The number of halogens is 1. The second kappa shape index (κ2) is 3.74. The summed E-state index contributed by atoms with van der Waals surface area (Å²) in [6.07, 6.45) is 4.22. The van der Waals surface area contributed by atoms with Crippen molar-refractivity contribution in [2.45, 2.75) is 24.2 Å². The van der Waals surface area contributed by atoms with Crippen LogP contribution >= 0.6 is 15.9 Å². The van der Waals surface area contributed by atoms with Gasteiger partial charge >= 0.3 is 0 Å². The second-order valence-corrected chi connectivity index (χ2v) is 4.83. The Labute approximate surface area is 102 Å². The Balaban J connectivity index is 2.32. The summed E-state index contributed by atoms with van der Waals surface area (Å²) in [5.74, 6) is 0. The number of nitrogens with zero attached hydrogens (tertiary/aromatic N) is 1. The highest BCUT2D eigenvalue weighted by Gasteiger charge is 2.24. The molecule has 0 bridgehead atoms. The fraction of sp³-hybridized carbons (Fsp3) is 0.308. The van der Waals surface area contributed by atoms with Crippen LogP contribution in [0.4, 0.5) is 0 Å². The lowest BCUT2D eigenvalue weighted by molar-refractivity contribution is 0.714. The molecule has 0 saturated heterocycles. The molecule has 1 aliphatic carbocycles. The Morgan fingerprint density at radius 1 is 1.25 bits per heavy atom. The van der Waals surface area contributed by atoms with Gasteiger partial charge in [-0.3, -0.25) is 4.79 Å². The van der Waals surface area contributed by atoms with Crippen molar-refractivity contribution in [1.82, 2.24) is 4.57 Å². The van der Waals surface area contributed by atoms with Crippen molar-refractivity contribution in [3.05, 3.63) is 46.4 Å². The van der Waals surface area contributed by atoms with Crippen LogP contribution < -0.4 is 5.56 Å². The largest absolute Gasteiger partial charge is 0.312 e. The molecule has 1 saturated carbocycles. The van der Waals surface area contributed by atoms with E-state index in [2.05, 4.69) is 28.1 Å². The summed E-state index contributed by atoms with van der Waals surface area (Å²) in [5, 5.41) is 2.70. The minimum absolute atomic E-state index is 0.155. The van der Waals surface area contributed by atoms with E-state index in [1.807, 2.05) is 22.9 Å². The standard InChI is InChI=1S/C13H12BrNO/c14-8-9-2-1-3-12-11(9)6-7-15(13(12)16)10-4-5-10/h1-3,6-7,10H,4-5,8H2. The zero-order chi connectivity index (χ0) is 11.1. The quantitative estimate of drug-likeness (QED) is 0.773. The molecule has 0 spiro atoms. The van der Waals surface area contributed by atoms with Crippen LogP contribution in [0.5, 0.6) is 0 Å². The molecular formula is C13H12BrNO. The molecule has 2 aromatic rings. The predicted octanol–water partition coefficient (Wildman–Crippen LogP) is 3.23. The van der Waals surface area contributed by atoms with E-state index in [9.17, 15) is 4.79 Å². The van der Waals surface area contributed by atoms with Crippen molar-refractivity contribution in [3.8, 4) is 0 Å². The number of pyridine rings is 1. The first kappa shape index (κ1) is 10.1. The van der Waals surface area contributed by atoms with E-state index in [1.165, 1.54) is 5.56 Å². The molecule has 0 atom stereocenters. The first-order valence-corrected chi connectivity index (χ1v) is 6.62. The minimum Gasteiger partial charge on any atom is -0.312 e. The molecule has 2 nitrogen and oxygen atoms in total. The van der Waals surface area contributed by atoms with Gasteiger partial charge in [0.1, 0.15) is 0 Å². The molecule has 3 heteroatoms. The van der Waals surface area contributed by atoms with Crippen LogP contribution in [0, 0.1) is 0 Å². The number of fused-ring (bicyclic) bond motifs is 1. The van der Waals surface area contributed by atoms with Gasteiger partial charge in [0.05, 0.1) is 0 Å². The lowest BCUT2D eigenvalue weighted by atomic mass is 10.1. The zero-order valence-electron chi connectivity index (χ0n) is 8.82. The lowest BCUT2D eigenvalue weighted by Crippen LogP contribution is -2.18. The summed E-state index contributed by atoms with van der Waals surface area (Å²) in [7, 11) is 0. The van der Waals surface area contributed by atoms with Gasteiger partial charge in [-0.05, 0) is 35.9 Å². The molecule has 82 valence electrons. The second-order valence-electron chi connectivity index (χ2n) is 4.27. The van der Waals surface area contributed by atoms with E-state index >= 15 is 0 Å². The molecule has 1 fully saturated rings. The Hall–Kier alpha value is -1.09. The Morgan fingerprint density at radius 2 is 2.06 bits per heavy atom. The molecular weight excluding hydrogens is 266 g/mol. The molecule has 0 radical (unpaired) electrons. The first-order chi connectivity index (χ1) is 7.81. The number of alkyl halides is 1. The Bertz CT molecular complexity index is 598. The molecule has 1 heterocycles. The fourth-order valence-electron chi connectivity index (χ4n) is 2.11. The summed E-state index contributed by atoms with van der Waals surface area (Å²) in [6.45, 7) is 0. The molecule has 0 aliphatic heterocycles. The first-order valence-electron chi connectivity index (χ1n) is 5.50. The van der Waals surface area contributed by atoms with Crippen molar-refractivity contribution in [2.24, 2.45) is 0 Å². The molecule has 1 aliphatic rings. The van der Waals surface area contributed by atoms with Crippen LogP contribution in [0.1, 0.15) is 24.4 Å². The number of benzene rings is 1. The highest BCUT2D eigenvalue weighted by Crippen LogP contribution is 2.33. The normalized spacial score (nSPS) is 15.6. The highest BCUT2D eigenvalue weighted by atomic mass is 79.9. The van der Waals surface area contributed by atoms with Gasteiger partial charge in [-0.2, -0.15) is 0 Å². The monoisotopic (exact) mass is 277 g/mol. The van der Waals surface area contributed by atoms with Crippen LogP contribution in [0.2, 0.25) is 0 Å². The number of aromatic nitrogens is 1. The minimum atomic E-state index is 0.155. The Kier molecular flexibility index (Phi) is 2.36. The topological polar surface area (TPSA) is 22.0 Å². The maximum atomic E-state index is 12.2. The molecule has 3 rings (SSSR count). The van der Waals surface area contributed by atoms with Gasteiger partial charge in [0, 0.05) is 23.0 Å². The van der Waals surface area contributed by atoms with E-state index in [4.69, 9.17) is 0 Å². The fourth-order valence-corrected chi connectivity index (χ4v) is 2.60. The van der Waals surface area contributed by atoms with Gasteiger partial charge in [-0.15, -0.1) is 0 Å². The van der Waals surface area contributed by atoms with E-state index in [0.717, 1.165) is 28.9 Å². The van der Waals surface area contributed by atoms with Crippen molar-refractivity contribution in [1.29, 1.82) is 0 Å². The van der Waals surface area contributed by atoms with Gasteiger partial charge in [0.15, 0.2) is 0 Å². The summed E-state index contributed by atoms with van der Waals surface area (Å²) in [5.41, 5.74) is 1.33. The van der Waals surface area contributed by atoms with Crippen molar-refractivity contribution < 1.29 is 0 Å². The lowest BCUT2D eigenvalue weighted by Gasteiger charge is -2.07. The van der Waals surface area contributed by atoms with E-state index in [0.29, 0.717) is 6.04 Å². The average molecular weight is 278 g/mol. The molecule has 1 aromatic carbocycles. The van der Waals surface area contributed by atoms with Gasteiger partial charge in [0.2, 0.25) is 0 Å². The number of rotatable bonds is 2. The summed E-state index contributed by atoms with van der Waals surface area (Å²) >= 11 is 3.45. The van der Waals surface area contributed by atoms with Crippen LogP contribution in [0.25, 0.3) is 10.8 Å². The molecule has 16 heavy (non-hydrogen) atoms. The maximum absolute atomic E-state index is 12.2. The molecule has 0 amide bonds. The van der Waals surface area contributed by atoms with Crippen LogP contribution in [-0.4, -0.2) is 4.57 Å². The number of hydrogen-bond acceptors (Lipinski definition) is 1. The van der Waals surface area contributed by atoms with Crippen molar-refractivity contribution >= 4 is 26.7 Å². The third-order valence-electron chi connectivity index (χ3n) is 3.15. The highest BCUT2D eigenvalue weighted by molar-refractivity contribution is 9.08. The van der Waals surface area contributed by atoms with E-state index in [1.54, 1.807) is 0 Å². The third-order valence-corrected chi connectivity index (χ3v) is 3.75. The zero-order valence-corrected chi connectivity index (χ0v) is 10.4. The Morgan fingerprint density at radius 3 is 2.75 bits per heavy atom. The van der Waals surface area contributed by atoms with Gasteiger partial charge in [-0.25, -0.2) is 0 Å². The van der Waals surface area contributed by atoms with E-state index in [-0.39, 0.29) is 5.56 Å². The number of hydrogen-bond donors (Lipinski definition) is 0. The predicted molar refractivity (Wildman–Crippen MR) is 69.1 cm³/mol. The molecule has 0 N–H and O–H groups in total.